The first-order chi connectivity index (χ1) is 5.88. The second-order valence-electron chi connectivity index (χ2n) is 4.06. The first kappa shape index (κ1) is 12.2. The van der Waals surface area contributed by atoms with Crippen molar-refractivity contribution < 1.29 is 14.6 Å². The third-order valence-corrected chi connectivity index (χ3v) is 1.88. The van der Waals surface area contributed by atoms with Crippen molar-refractivity contribution in [1.29, 1.82) is 0 Å². The number of aliphatic hydroxyl groups excluding tert-OH is 1. The molecule has 0 saturated carbocycles. The van der Waals surface area contributed by atoms with Crippen LogP contribution in [-0.2, 0) is 4.74 Å². The van der Waals surface area contributed by atoms with Crippen molar-refractivity contribution in [3.05, 3.63) is 0 Å². The number of amides is 1. The van der Waals surface area contributed by atoms with Gasteiger partial charge in [0.15, 0.2) is 0 Å². The van der Waals surface area contributed by atoms with Crippen LogP contribution in [0.25, 0.3) is 0 Å². The van der Waals surface area contributed by atoms with Gasteiger partial charge in [-0.15, -0.1) is 0 Å². The molecular formula is C9H19NO3. The van der Waals surface area contributed by atoms with Crippen LogP contribution in [0.3, 0.4) is 0 Å². The topological polar surface area (TPSA) is 58.6 Å². The van der Waals surface area contributed by atoms with E-state index in [-0.39, 0.29) is 24.7 Å². The summed E-state index contributed by atoms with van der Waals surface area (Å²) in [5.41, 5.74) is -0.0590. The molecule has 78 valence electrons. The SMILES string of the molecule is C[C@@H](OC(=O)NCCO)C(C)(C)C. The molecule has 0 fully saturated rings. The minimum Gasteiger partial charge on any atom is -0.446 e. The zero-order valence-corrected chi connectivity index (χ0v) is 8.76. The Labute approximate surface area is 79.3 Å². The molecule has 0 unspecified atom stereocenters. The summed E-state index contributed by atoms with van der Waals surface area (Å²) in [5.74, 6) is 0. The molecular weight excluding hydrogens is 170 g/mol. The summed E-state index contributed by atoms with van der Waals surface area (Å²) in [4.78, 5) is 11.0. The van der Waals surface area contributed by atoms with Crippen LogP contribution < -0.4 is 5.32 Å². The number of ether oxygens (including phenoxy) is 1. The van der Waals surface area contributed by atoms with Crippen molar-refractivity contribution in [1.82, 2.24) is 5.32 Å². The molecule has 0 rings (SSSR count). The number of alkyl carbamates (subject to hydrolysis) is 1. The normalized spacial score (nSPS) is 13.6. The number of carbonyl (C=O) groups excluding carboxylic acids is 1. The van der Waals surface area contributed by atoms with Crippen molar-refractivity contribution in [2.24, 2.45) is 5.41 Å². The predicted octanol–water partition coefficient (Wildman–Crippen LogP) is 1.14. The van der Waals surface area contributed by atoms with E-state index >= 15 is 0 Å². The van der Waals surface area contributed by atoms with Crippen LogP contribution in [0, 0.1) is 5.41 Å². The van der Waals surface area contributed by atoms with Crippen LogP contribution in [0.15, 0.2) is 0 Å². The van der Waals surface area contributed by atoms with Crippen LogP contribution >= 0.6 is 0 Å². The zero-order valence-electron chi connectivity index (χ0n) is 8.76. The van der Waals surface area contributed by atoms with Gasteiger partial charge in [-0.2, -0.15) is 0 Å². The van der Waals surface area contributed by atoms with E-state index in [4.69, 9.17) is 9.84 Å². The molecule has 0 aromatic rings. The molecule has 0 aliphatic heterocycles. The number of nitrogens with one attached hydrogen (secondary N) is 1. The summed E-state index contributed by atoms with van der Waals surface area (Å²) < 4.78 is 5.06. The number of aliphatic hydroxyl groups is 1. The minimum absolute atomic E-state index is 0.0590. The lowest BCUT2D eigenvalue weighted by Gasteiger charge is -2.26. The summed E-state index contributed by atoms with van der Waals surface area (Å²) in [6.45, 7) is 8.00. The highest BCUT2D eigenvalue weighted by molar-refractivity contribution is 5.67. The number of carbonyl (C=O) groups is 1. The van der Waals surface area contributed by atoms with Gasteiger partial charge in [-0.1, -0.05) is 20.8 Å². The second kappa shape index (κ2) is 5.07. The molecule has 4 heteroatoms. The molecule has 0 aliphatic carbocycles. The highest BCUT2D eigenvalue weighted by Gasteiger charge is 2.23. The highest BCUT2D eigenvalue weighted by Crippen LogP contribution is 2.21. The zero-order chi connectivity index (χ0) is 10.5. The van der Waals surface area contributed by atoms with Gasteiger partial charge in [-0.3, -0.25) is 0 Å². The fourth-order valence-corrected chi connectivity index (χ4v) is 0.537. The average Bonchev–Trinajstić information content (AvgIpc) is 1.99. The monoisotopic (exact) mass is 189 g/mol. The fraction of sp³-hybridized carbons (Fsp3) is 0.889. The molecule has 1 amide bonds. The molecule has 0 aliphatic rings. The molecule has 0 aromatic carbocycles. The third-order valence-electron chi connectivity index (χ3n) is 1.88. The largest absolute Gasteiger partial charge is 0.446 e. The number of hydrogen-bond donors (Lipinski definition) is 2. The third kappa shape index (κ3) is 5.47. The Morgan fingerprint density at radius 3 is 2.46 bits per heavy atom. The standard InChI is InChI=1S/C9H19NO3/c1-7(9(2,3)4)13-8(12)10-5-6-11/h7,11H,5-6H2,1-4H3,(H,10,12)/t7-/m1/s1. The van der Waals surface area contributed by atoms with Crippen molar-refractivity contribution in [3.63, 3.8) is 0 Å². The molecule has 1 atom stereocenters. The Morgan fingerprint density at radius 2 is 2.08 bits per heavy atom. The Hall–Kier alpha value is -0.770. The average molecular weight is 189 g/mol. The van der Waals surface area contributed by atoms with Crippen molar-refractivity contribution in [2.45, 2.75) is 33.8 Å². The summed E-state index contributed by atoms with van der Waals surface area (Å²) in [7, 11) is 0. The van der Waals surface area contributed by atoms with Crippen molar-refractivity contribution >= 4 is 6.09 Å². The smallest absolute Gasteiger partial charge is 0.407 e. The Balaban J connectivity index is 3.79. The van der Waals surface area contributed by atoms with E-state index in [1.165, 1.54) is 0 Å². The second-order valence-corrected chi connectivity index (χ2v) is 4.06. The van der Waals surface area contributed by atoms with E-state index in [1.807, 2.05) is 27.7 Å². The highest BCUT2D eigenvalue weighted by atomic mass is 16.6. The van der Waals surface area contributed by atoms with Gasteiger partial charge < -0.3 is 15.2 Å². The van der Waals surface area contributed by atoms with Crippen LogP contribution in [0.4, 0.5) is 4.79 Å². The Bertz CT molecular complexity index is 163. The van der Waals surface area contributed by atoms with E-state index in [0.717, 1.165) is 0 Å². The maximum atomic E-state index is 11.0. The first-order valence-electron chi connectivity index (χ1n) is 4.43. The molecule has 0 heterocycles. The molecule has 0 spiro atoms. The fourth-order valence-electron chi connectivity index (χ4n) is 0.537. The Morgan fingerprint density at radius 1 is 1.54 bits per heavy atom. The van der Waals surface area contributed by atoms with Gasteiger partial charge in [0.05, 0.1) is 6.61 Å². The van der Waals surface area contributed by atoms with Crippen molar-refractivity contribution in [3.8, 4) is 0 Å². The maximum Gasteiger partial charge on any atom is 0.407 e. The first-order valence-corrected chi connectivity index (χ1v) is 4.43. The molecule has 0 aromatic heterocycles. The van der Waals surface area contributed by atoms with Gasteiger partial charge >= 0.3 is 6.09 Å². The van der Waals surface area contributed by atoms with E-state index in [1.54, 1.807) is 0 Å². The molecule has 0 saturated heterocycles. The van der Waals surface area contributed by atoms with Gasteiger partial charge in [0.25, 0.3) is 0 Å². The predicted molar refractivity (Wildman–Crippen MR) is 50.5 cm³/mol. The minimum atomic E-state index is -0.475. The molecule has 2 N–H and O–H groups in total. The lowest BCUT2D eigenvalue weighted by molar-refractivity contribution is 0.0431. The Kier molecular flexibility index (Phi) is 4.77. The lowest BCUT2D eigenvalue weighted by Crippen LogP contribution is -2.35. The van der Waals surface area contributed by atoms with Gasteiger partial charge in [-0.05, 0) is 12.3 Å². The molecule has 13 heavy (non-hydrogen) atoms. The molecule has 4 nitrogen and oxygen atoms in total. The van der Waals surface area contributed by atoms with Gasteiger partial charge in [0.2, 0.25) is 0 Å². The summed E-state index contributed by atoms with van der Waals surface area (Å²) in [6.07, 6.45) is -0.623. The maximum absolute atomic E-state index is 11.0. The summed E-state index contributed by atoms with van der Waals surface area (Å²) >= 11 is 0. The summed E-state index contributed by atoms with van der Waals surface area (Å²) in [6, 6.07) is 0. The lowest BCUT2D eigenvalue weighted by atomic mass is 9.90. The molecule has 0 bridgehead atoms. The molecule has 0 radical (unpaired) electrons. The van der Waals surface area contributed by atoms with E-state index in [2.05, 4.69) is 5.32 Å². The van der Waals surface area contributed by atoms with Gasteiger partial charge in [0.1, 0.15) is 6.10 Å². The van der Waals surface area contributed by atoms with Crippen LogP contribution in [-0.4, -0.2) is 30.5 Å². The van der Waals surface area contributed by atoms with Gasteiger partial charge in [-0.25, -0.2) is 4.79 Å². The van der Waals surface area contributed by atoms with Crippen molar-refractivity contribution in [2.75, 3.05) is 13.2 Å². The quantitative estimate of drug-likeness (QED) is 0.700. The van der Waals surface area contributed by atoms with Crippen LogP contribution in [0.1, 0.15) is 27.7 Å². The van der Waals surface area contributed by atoms with Crippen LogP contribution in [0.2, 0.25) is 0 Å². The number of hydrogen-bond acceptors (Lipinski definition) is 3. The van der Waals surface area contributed by atoms with E-state index in [0.29, 0.717) is 0 Å². The van der Waals surface area contributed by atoms with E-state index in [9.17, 15) is 4.79 Å². The number of rotatable bonds is 3. The van der Waals surface area contributed by atoms with Crippen LogP contribution in [0.5, 0.6) is 0 Å². The van der Waals surface area contributed by atoms with Gasteiger partial charge in [0, 0.05) is 6.54 Å². The summed E-state index contributed by atoms with van der Waals surface area (Å²) in [5, 5.41) is 10.9. The van der Waals surface area contributed by atoms with E-state index < -0.39 is 6.09 Å².